The van der Waals surface area contributed by atoms with Crippen LogP contribution in [0.4, 0.5) is 0 Å². The third kappa shape index (κ3) is 3.19. The molecule has 0 saturated carbocycles. The van der Waals surface area contributed by atoms with E-state index in [4.69, 9.17) is 22.1 Å². The summed E-state index contributed by atoms with van der Waals surface area (Å²) in [5.41, 5.74) is 7.71. The van der Waals surface area contributed by atoms with Crippen LogP contribution in [0, 0.1) is 0 Å². The number of carbonyl (C=O) groups excluding carboxylic acids is 2. The SMILES string of the molecule is CCOC(=O)c1[nH]c2ccc(C(N)=O)cc2c1CCCCl. The van der Waals surface area contributed by atoms with Crippen molar-refractivity contribution < 1.29 is 14.3 Å². The Morgan fingerprint density at radius 3 is 2.76 bits per heavy atom. The van der Waals surface area contributed by atoms with Crippen LogP contribution in [0.1, 0.15) is 39.8 Å². The number of primary amides is 1. The van der Waals surface area contributed by atoms with Crippen molar-refractivity contribution in [2.24, 2.45) is 5.73 Å². The summed E-state index contributed by atoms with van der Waals surface area (Å²) in [5.74, 6) is -0.414. The molecular formula is C15H17ClN2O3. The van der Waals surface area contributed by atoms with Gasteiger partial charge in [-0.15, -0.1) is 11.6 Å². The van der Waals surface area contributed by atoms with Gasteiger partial charge in [0.15, 0.2) is 0 Å². The summed E-state index contributed by atoms with van der Waals surface area (Å²) in [6.45, 7) is 2.06. The van der Waals surface area contributed by atoms with Crippen molar-refractivity contribution in [1.29, 1.82) is 0 Å². The number of alkyl halides is 1. The fraction of sp³-hybridized carbons (Fsp3) is 0.333. The second-order valence-corrected chi connectivity index (χ2v) is 4.99. The molecule has 3 N–H and O–H groups in total. The fourth-order valence-electron chi connectivity index (χ4n) is 2.28. The average molecular weight is 309 g/mol. The number of H-pyrrole nitrogens is 1. The number of halogens is 1. The number of aromatic nitrogens is 1. The van der Waals surface area contributed by atoms with Gasteiger partial charge in [-0.2, -0.15) is 0 Å². The van der Waals surface area contributed by atoms with E-state index < -0.39 is 11.9 Å². The highest BCUT2D eigenvalue weighted by atomic mass is 35.5. The van der Waals surface area contributed by atoms with Crippen LogP contribution in [0.15, 0.2) is 18.2 Å². The van der Waals surface area contributed by atoms with Gasteiger partial charge < -0.3 is 15.5 Å². The van der Waals surface area contributed by atoms with Gasteiger partial charge in [-0.1, -0.05) is 0 Å². The topological polar surface area (TPSA) is 85.2 Å². The number of ether oxygens (including phenoxy) is 1. The van der Waals surface area contributed by atoms with E-state index in [0.29, 0.717) is 30.2 Å². The number of nitrogens with one attached hydrogen (secondary N) is 1. The zero-order valence-corrected chi connectivity index (χ0v) is 12.5. The first-order valence-corrected chi connectivity index (χ1v) is 7.29. The maximum Gasteiger partial charge on any atom is 0.355 e. The third-order valence-electron chi connectivity index (χ3n) is 3.23. The summed E-state index contributed by atoms with van der Waals surface area (Å²) >= 11 is 5.74. The van der Waals surface area contributed by atoms with E-state index in [-0.39, 0.29) is 0 Å². The Labute approximate surface area is 127 Å². The molecule has 5 nitrogen and oxygen atoms in total. The minimum atomic E-state index is -0.501. The molecule has 0 atom stereocenters. The van der Waals surface area contributed by atoms with Crippen molar-refractivity contribution >= 4 is 34.4 Å². The van der Waals surface area contributed by atoms with E-state index in [2.05, 4.69) is 4.98 Å². The van der Waals surface area contributed by atoms with Gasteiger partial charge in [0.25, 0.3) is 0 Å². The molecule has 0 aliphatic heterocycles. The van der Waals surface area contributed by atoms with E-state index in [1.54, 1.807) is 25.1 Å². The zero-order valence-electron chi connectivity index (χ0n) is 11.7. The highest BCUT2D eigenvalue weighted by Gasteiger charge is 2.19. The van der Waals surface area contributed by atoms with Crippen LogP contribution < -0.4 is 5.73 Å². The second kappa shape index (κ2) is 6.63. The summed E-state index contributed by atoms with van der Waals surface area (Å²) in [7, 11) is 0. The number of aryl methyl sites for hydroxylation is 1. The lowest BCUT2D eigenvalue weighted by molar-refractivity contribution is 0.0519. The Morgan fingerprint density at radius 1 is 1.38 bits per heavy atom. The lowest BCUT2D eigenvalue weighted by Crippen LogP contribution is -2.10. The highest BCUT2D eigenvalue weighted by molar-refractivity contribution is 6.17. The Morgan fingerprint density at radius 2 is 2.14 bits per heavy atom. The third-order valence-corrected chi connectivity index (χ3v) is 3.50. The van der Waals surface area contributed by atoms with E-state index >= 15 is 0 Å². The van der Waals surface area contributed by atoms with Crippen molar-refractivity contribution in [3.8, 4) is 0 Å². The molecule has 1 heterocycles. The molecule has 0 spiro atoms. The molecule has 112 valence electrons. The molecule has 6 heteroatoms. The summed E-state index contributed by atoms with van der Waals surface area (Å²) in [5, 5.41) is 0.805. The molecule has 1 aromatic heterocycles. The lowest BCUT2D eigenvalue weighted by Gasteiger charge is -2.04. The smallest absolute Gasteiger partial charge is 0.355 e. The Bertz CT molecular complexity index is 679. The number of hydrogen-bond acceptors (Lipinski definition) is 3. The van der Waals surface area contributed by atoms with E-state index in [1.807, 2.05) is 0 Å². The van der Waals surface area contributed by atoms with Crippen LogP contribution in [0.5, 0.6) is 0 Å². The van der Waals surface area contributed by atoms with Crippen LogP contribution in [0.3, 0.4) is 0 Å². The Kier molecular flexibility index (Phi) is 4.85. The molecule has 1 amide bonds. The molecule has 2 aromatic rings. The van der Waals surface area contributed by atoms with Crippen molar-refractivity contribution in [2.75, 3.05) is 12.5 Å². The van der Waals surface area contributed by atoms with Crippen LogP contribution in [-0.4, -0.2) is 29.3 Å². The molecule has 1 aromatic carbocycles. The number of carbonyl (C=O) groups is 2. The van der Waals surface area contributed by atoms with Crippen LogP contribution in [0.2, 0.25) is 0 Å². The van der Waals surface area contributed by atoms with Crippen LogP contribution in [0.25, 0.3) is 10.9 Å². The van der Waals surface area contributed by atoms with E-state index in [1.165, 1.54) is 0 Å². The van der Waals surface area contributed by atoms with Gasteiger partial charge in [-0.3, -0.25) is 4.79 Å². The Hall–Kier alpha value is -2.01. The highest BCUT2D eigenvalue weighted by Crippen LogP contribution is 2.26. The largest absolute Gasteiger partial charge is 0.461 e. The Balaban J connectivity index is 2.56. The van der Waals surface area contributed by atoms with Crippen molar-refractivity contribution in [3.63, 3.8) is 0 Å². The van der Waals surface area contributed by atoms with E-state index in [9.17, 15) is 9.59 Å². The average Bonchev–Trinajstić information content (AvgIpc) is 2.83. The molecule has 0 radical (unpaired) electrons. The van der Waals surface area contributed by atoms with Crippen molar-refractivity contribution in [3.05, 3.63) is 35.0 Å². The predicted molar refractivity (Wildman–Crippen MR) is 81.8 cm³/mol. The maximum atomic E-state index is 12.0. The lowest BCUT2D eigenvalue weighted by atomic mass is 10.0. The number of rotatable bonds is 6. The van der Waals surface area contributed by atoms with Crippen LogP contribution >= 0.6 is 11.6 Å². The first-order chi connectivity index (χ1) is 10.1. The number of hydrogen-bond donors (Lipinski definition) is 2. The molecule has 0 unspecified atom stereocenters. The molecule has 2 rings (SSSR count). The molecule has 0 bridgehead atoms. The van der Waals surface area contributed by atoms with Gasteiger partial charge in [0.1, 0.15) is 5.69 Å². The van der Waals surface area contributed by atoms with Gasteiger partial charge in [-0.25, -0.2) is 4.79 Å². The monoisotopic (exact) mass is 308 g/mol. The molecular weight excluding hydrogens is 292 g/mol. The number of esters is 1. The maximum absolute atomic E-state index is 12.0. The van der Waals surface area contributed by atoms with E-state index in [0.717, 1.165) is 22.9 Å². The normalized spacial score (nSPS) is 10.8. The standard InChI is InChI=1S/C15H17ClN2O3/c1-2-21-15(20)13-10(4-3-7-16)11-8-9(14(17)19)5-6-12(11)18-13/h5-6,8,18H,2-4,7H2,1H3,(H2,17,19). The summed E-state index contributed by atoms with van der Waals surface area (Å²) < 4.78 is 5.06. The van der Waals surface area contributed by atoms with Gasteiger partial charge >= 0.3 is 5.97 Å². The quantitative estimate of drug-likeness (QED) is 0.635. The number of aromatic amines is 1. The summed E-state index contributed by atoms with van der Waals surface area (Å²) in [6, 6.07) is 5.06. The molecule has 0 fully saturated rings. The van der Waals surface area contributed by atoms with Crippen molar-refractivity contribution in [1.82, 2.24) is 4.98 Å². The first kappa shape index (κ1) is 15.4. The van der Waals surface area contributed by atoms with Crippen molar-refractivity contribution in [2.45, 2.75) is 19.8 Å². The fourth-order valence-corrected chi connectivity index (χ4v) is 2.42. The molecule has 0 aliphatic carbocycles. The van der Waals surface area contributed by atoms with Gasteiger partial charge in [0, 0.05) is 22.3 Å². The zero-order chi connectivity index (χ0) is 15.4. The summed E-state index contributed by atoms with van der Waals surface area (Å²) in [4.78, 5) is 26.4. The number of amides is 1. The van der Waals surface area contributed by atoms with Gasteiger partial charge in [0.2, 0.25) is 5.91 Å². The predicted octanol–water partition coefficient (Wildman–Crippen LogP) is 2.61. The minimum Gasteiger partial charge on any atom is -0.461 e. The number of nitrogens with two attached hydrogens (primary N) is 1. The van der Waals surface area contributed by atoms with Gasteiger partial charge in [-0.05, 0) is 43.5 Å². The molecule has 21 heavy (non-hydrogen) atoms. The summed E-state index contributed by atoms with van der Waals surface area (Å²) in [6.07, 6.45) is 1.35. The number of fused-ring (bicyclic) bond motifs is 1. The van der Waals surface area contributed by atoms with Gasteiger partial charge in [0.05, 0.1) is 6.61 Å². The number of benzene rings is 1. The van der Waals surface area contributed by atoms with Crippen LogP contribution in [-0.2, 0) is 11.2 Å². The molecule has 0 saturated heterocycles. The second-order valence-electron chi connectivity index (χ2n) is 4.62. The minimum absolute atomic E-state index is 0.301. The first-order valence-electron chi connectivity index (χ1n) is 6.76. The molecule has 0 aliphatic rings.